The van der Waals surface area contributed by atoms with Crippen molar-refractivity contribution in [3.05, 3.63) is 29.8 Å². The maximum atomic E-state index is 12.4. The van der Waals surface area contributed by atoms with Crippen LogP contribution in [0.4, 0.5) is 5.69 Å². The van der Waals surface area contributed by atoms with Crippen LogP contribution in [0, 0.1) is 5.92 Å². The van der Waals surface area contributed by atoms with Crippen LogP contribution in [0.2, 0.25) is 0 Å². The molecular formula is C16H21BrN2O2. The first-order valence-electron chi connectivity index (χ1n) is 7.36. The molecule has 1 atom stereocenters. The van der Waals surface area contributed by atoms with Crippen LogP contribution < -0.4 is 4.90 Å². The van der Waals surface area contributed by atoms with Crippen molar-refractivity contribution in [2.75, 3.05) is 29.9 Å². The molecule has 0 saturated carbocycles. The van der Waals surface area contributed by atoms with Crippen LogP contribution in [0.25, 0.3) is 0 Å². The summed E-state index contributed by atoms with van der Waals surface area (Å²) >= 11 is 3.44. The molecule has 5 heteroatoms. The first-order chi connectivity index (χ1) is 10.1. The fourth-order valence-corrected chi connectivity index (χ4v) is 3.07. The van der Waals surface area contributed by atoms with E-state index in [2.05, 4.69) is 15.9 Å². The van der Waals surface area contributed by atoms with Gasteiger partial charge in [0.15, 0.2) is 0 Å². The zero-order chi connectivity index (χ0) is 15.4. The molecule has 1 aromatic rings. The first kappa shape index (κ1) is 16.0. The first-order valence-corrected chi connectivity index (χ1v) is 8.48. The summed E-state index contributed by atoms with van der Waals surface area (Å²) in [7, 11) is 0. The van der Waals surface area contributed by atoms with E-state index in [0.29, 0.717) is 37.5 Å². The van der Waals surface area contributed by atoms with E-state index in [1.807, 2.05) is 38.1 Å². The number of hydrogen-bond donors (Lipinski definition) is 0. The lowest BCUT2D eigenvalue weighted by molar-refractivity contribution is -0.117. The van der Waals surface area contributed by atoms with Gasteiger partial charge in [0.1, 0.15) is 0 Å². The molecule has 0 spiro atoms. The number of anilines is 1. The number of amides is 2. The number of hydrogen-bond acceptors (Lipinski definition) is 2. The molecule has 1 aromatic carbocycles. The standard InChI is InChI=1S/C16H21BrN2O2/c1-3-18(4-2)16(21)13-6-5-7-14(9-13)19-11-12(10-17)8-15(19)20/h5-7,9,12H,3-4,8,10-11H2,1-2H3. The molecule has 2 amide bonds. The van der Waals surface area contributed by atoms with Gasteiger partial charge in [-0.2, -0.15) is 0 Å². The second-order valence-electron chi connectivity index (χ2n) is 5.26. The Balaban J connectivity index is 2.22. The molecule has 1 fully saturated rings. The molecule has 114 valence electrons. The third-order valence-electron chi connectivity index (χ3n) is 3.88. The minimum atomic E-state index is 0.0190. The van der Waals surface area contributed by atoms with Crippen molar-refractivity contribution in [2.45, 2.75) is 20.3 Å². The molecule has 1 heterocycles. The molecule has 21 heavy (non-hydrogen) atoms. The molecule has 0 aromatic heterocycles. The Bertz CT molecular complexity index is 529. The predicted molar refractivity (Wildman–Crippen MR) is 87.9 cm³/mol. The van der Waals surface area contributed by atoms with Crippen LogP contribution in [-0.4, -0.2) is 41.7 Å². The Morgan fingerprint density at radius 2 is 2.10 bits per heavy atom. The number of nitrogens with zero attached hydrogens (tertiary/aromatic N) is 2. The quantitative estimate of drug-likeness (QED) is 0.764. The zero-order valence-electron chi connectivity index (χ0n) is 12.5. The van der Waals surface area contributed by atoms with Gasteiger partial charge in [0.25, 0.3) is 5.91 Å². The van der Waals surface area contributed by atoms with Crippen molar-refractivity contribution < 1.29 is 9.59 Å². The summed E-state index contributed by atoms with van der Waals surface area (Å²) in [6, 6.07) is 7.39. The minimum absolute atomic E-state index is 0.0190. The lowest BCUT2D eigenvalue weighted by Gasteiger charge is -2.21. The van der Waals surface area contributed by atoms with Gasteiger partial charge in [-0.3, -0.25) is 9.59 Å². The number of alkyl halides is 1. The van der Waals surface area contributed by atoms with Crippen LogP contribution in [-0.2, 0) is 4.79 Å². The van der Waals surface area contributed by atoms with Gasteiger partial charge in [0.05, 0.1) is 0 Å². The topological polar surface area (TPSA) is 40.6 Å². The Hall–Kier alpha value is -1.36. The summed E-state index contributed by atoms with van der Waals surface area (Å²) in [4.78, 5) is 28.0. The van der Waals surface area contributed by atoms with E-state index >= 15 is 0 Å². The van der Waals surface area contributed by atoms with E-state index in [1.54, 1.807) is 9.80 Å². The molecule has 1 aliphatic heterocycles. The third-order valence-corrected chi connectivity index (χ3v) is 4.79. The summed E-state index contributed by atoms with van der Waals surface area (Å²) < 4.78 is 0. The van der Waals surface area contributed by atoms with Crippen molar-refractivity contribution in [1.29, 1.82) is 0 Å². The minimum Gasteiger partial charge on any atom is -0.339 e. The molecule has 1 unspecified atom stereocenters. The smallest absolute Gasteiger partial charge is 0.253 e. The molecule has 2 rings (SSSR count). The summed E-state index contributed by atoms with van der Waals surface area (Å²) in [5.41, 5.74) is 1.47. The Kier molecular flexibility index (Phi) is 5.39. The summed E-state index contributed by atoms with van der Waals surface area (Å²) in [6.45, 7) is 6.03. The van der Waals surface area contributed by atoms with Crippen molar-refractivity contribution >= 4 is 33.4 Å². The van der Waals surface area contributed by atoms with E-state index in [-0.39, 0.29) is 11.8 Å². The van der Waals surface area contributed by atoms with E-state index in [0.717, 1.165) is 11.0 Å². The zero-order valence-corrected chi connectivity index (χ0v) is 14.1. The Morgan fingerprint density at radius 3 is 2.67 bits per heavy atom. The van der Waals surface area contributed by atoms with Crippen LogP contribution in [0.3, 0.4) is 0 Å². The molecule has 0 aliphatic carbocycles. The van der Waals surface area contributed by atoms with Crippen LogP contribution >= 0.6 is 15.9 Å². The second kappa shape index (κ2) is 7.07. The highest BCUT2D eigenvalue weighted by atomic mass is 79.9. The lowest BCUT2D eigenvalue weighted by atomic mass is 10.1. The SMILES string of the molecule is CCN(CC)C(=O)c1cccc(N2CC(CBr)CC2=O)c1. The number of halogens is 1. The van der Waals surface area contributed by atoms with Crippen molar-refractivity contribution in [1.82, 2.24) is 4.90 Å². The van der Waals surface area contributed by atoms with Crippen molar-refractivity contribution in [2.24, 2.45) is 5.92 Å². The van der Waals surface area contributed by atoms with Gasteiger partial charge in [0.2, 0.25) is 5.91 Å². The predicted octanol–water partition coefficient (Wildman–Crippen LogP) is 2.92. The third kappa shape index (κ3) is 3.46. The molecule has 0 N–H and O–H groups in total. The molecule has 0 radical (unpaired) electrons. The molecule has 4 nitrogen and oxygen atoms in total. The maximum Gasteiger partial charge on any atom is 0.253 e. The van der Waals surface area contributed by atoms with Crippen LogP contribution in [0.15, 0.2) is 24.3 Å². The molecular weight excluding hydrogens is 332 g/mol. The monoisotopic (exact) mass is 352 g/mol. The summed E-state index contributed by atoms with van der Waals surface area (Å²) in [5.74, 6) is 0.497. The van der Waals surface area contributed by atoms with E-state index in [9.17, 15) is 9.59 Å². The summed E-state index contributed by atoms with van der Waals surface area (Å²) in [5, 5.41) is 0.827. The second-order valence-corrected chi connectivity index (χ2v) is 5.90. The number of rotatable bonds is 5. The van der Waals surface area contributed by atoms with Crippen molar-refractivity contribution in [3.8, 4) is 0 Å². The van der Waals surface area contributed by atoms with Gasteiger partial charge >= 0.3 is 0 Å². The van der Waals surface area contributed by atoms with Gasteiger partial charge in [-0.15, -0.1) is 0 Å². The Labute approximate surface area is 134 Å². The van der Waals surface area contributed by atoms with Gasteiger partial charge < -0.3 is 9.80 Å². The fraction of sp³-hybridized carbons (Fsp3) is 0.500. The average Bonchev–Trinajstić information content (AvgIpc) is 2.89. The Morgan fingerprint density at radius 1 is 1.38 bits per heavy atom. The maximum absolute atomic E-state index is 12.4. The van der Waals surface area contributed by atoms with Crippen LogP contribution in [0.1, 0.15) is 30.6 Å². The highest BCUT2D eigenvalue weighted by molar-refractivity contribution is 9.09. The van der Waals surface area contributed by atoms with Gasteiger partial charge in [0, 0.05) is 42.6 Å². The number of carbonyl (C=O) groups is 2. The van der Waals surface area contributed by atoms with Gasteiger partial charge in [-0.1, -0.05) is 22.0 Å². The highest BCUT2D eigenvalue weighted by Gasteiger charge is 2.30. The van der Waals surface area contributed by atoms with Gasteiger partial charge in [-0.05, 0) is 38.0 Å². The normalized spacial score (nSPS) is 18.1. The molecule has 1 saturated heterocycles. The molecule has 0 bridgehead atoms. The fourth-order valence-electron chi connectivity index (χ4n) is 2.63. The van der Waals surface area contributed by atoms with Crippen molar-refractivity contribution in [3.63, 3.8) is 0 Å². The van der Waals surface area contributed by atoms with E-state index in [1.165, 1.54) is 0 Å². The average molecular weight is 353 g/mol. The number of benzene rings is 1. The largest absolute Gasteiger partial charge is 0.339 e. The summed E-state index contributed by atoms with van der Waals surface area (Å²) in [6.07, 6.45) is 0.569. The lowest BCUT2D eigenvalue weighted by Crippen LogP contribution is -2.31. The van der Waals surface area contributed by atoms with Crippen LogP contribution in [0.5, 0.6) is 0 Å². The highest BCUT2D eigenvalue weighted by Crippen LogP contribution is 2.27. The van der Waals surface area contributed by atoms with E-state index in [4.69, 9.17) is 0 Å². The van der Waals surface area contributed by atoms with Gasteiger partial charge in [-0.25, -0.2) is 0 Å². The number of carbonyl (C=O) groups excluding carboxylic acids is 2. The van der Waals surface area contributed by atoms with E-state index < -0.39 is 0 Å². The molecule has 1 aliphatic rings.